The molecule has 1 amide bonds. The van der Waals surface area contributed by atoms with Crippen molar-refractivity contribution in [3.8, 4) is 6.07 Å². The van der Waals surface area contributed by atoms with Gasteiger partial charge in [0.2, 0.25) is 0 Å². The maximum absolute atomic E-state index is 13.4. The lowest BCUT2D eigenvalue weighted by atomic mass is 10.0. The van der Waals surface area contributed by atoms with Crippen LogP contribution in [-0.2, 0) is 0 Å². The lowest BCUT2D eigenvalue weighted by molar-refractivity contribution is 0.0741. The zero-order chi connectivity index (χ0) is 21.7. The lowest BCUT2D eigenvalue weighted by Crippen LogP contribution is -2.36. The summed E-state index contributed by atoms with van der Waals surface area (Å²) in [6.07, 6.45) is 7.52. The van der Waals surface area contributed by atoms with Crippen molar-refractivity contribution < 1.29 is 4.79 Å². The van der Waals surface area contributed by atoms with E-state index in [-0.39, 0.29) is 11.3 Å². The SMILES string of the molecule is N#CCC1CC1c1ccc(C(=O)N2CCN(c3ncnc4[nH]ccc34)CC3(CC3)C2)cc1. The van der Waals surface area contributed by atoms with E-state index >= 15 is 0 Å². The third kappa shape index (κ3) is 3.40. The van der Waals surface area contributed by atoms with Crippen molar-refractivity contribution in [3.63, 3.8) is 0 Å². The topological polar surface area (TPSA) is 88.9 Å². The minimum Gasteiger partial charge on any atom is -0.354 e. The second-order valence-electron chi connectivity index (χ2n) is 9.67. The highest BCUT2D eigenvalue weighted by Crippen LogP contribution is 2.50. The highest BCUT2D eigenvalue weighted by atomic mass is 16.2. The van der Waals surface area contributed by atoms with Gasteiger partial charge in [-0.3, -0.25) is 4.79 Å². The van der Waals surface area contributed by atoms with Gasteiger partial charge in [0.05, 0.1) is 11.5 Å². The standard InChI is InChI=1S/C25H26N6O/c26-9-5-19-13-21(19)17-1-3-18(4-2-17)24(32)31-12-11-30(14-25(15-31)7-8-25)23-20-6-10-27-22(20)28-16-29-23/h1-4,6,10,16,19,21H,5,7-8,11-15H2,(H,27,28,29). The van der Waals surface area contributed by atoms with E-state index in [1.54, 1.807) is 6.33 Å². The predicted molar refractivity (Wildman–Crippen MR) is 121 cm³/mol. The average molecular weight is 427 g/mol. The van der Waals surface area contributed by atoms with Crippen LogP contribution in [0.5, 0.6) is 0 Å². The highest BCUT2D eigenvalue weighted by molar-refractivity contribution is 5.94. The Morgan fingerprint density at radius 1 is 1.16 bits per heavy atom. The molecule has 1 N–H and O–H groups in total. The molecule has 162 valence electrons. The van der Waals surface area contributed by atoms with Gasteiger partial charge in [0, 0.05) is 49.8 Å². The van der Waals surface area contributed by atoms with E-state index in [2.05, 4.69) is 38.1 Å². The summed E-state index contributed by atoms with van der Waals surface area (Å²) in [5.41, 5.74) is 3.02. The van der Waals surface area contributed by atoms with Crippen LogP contribution in [0.4, 0.5) is 5.82 Å². The molecule has 3 aliphatic rings. The molecule has 1 spiro atoms. The van der Waals surface area contributed by atoms with E-state index < -0.39 is 0 Å². The fourth-order valence-electron chi connectivity index (χ4n) is 5.27. The van der Waals surface area contributed by atoms with Crippen LogP contribution in [0, 0.1) is 22.7 Å². The molecule has 32 heavy (non-hydrogen) atoms. The van der Waals surface area contributed by atoms with Crippen molar-refractivity contribution in [1.29, 1.82) is 5.26 Å². The van der Waals surface area contributed by atoms with Gasteiger partial charge < -0.3 is 14.8 Å². The van der Waals surface area contributed by atoms with Crippen LogP contribution in [-0.4, -0.2) is 51.9 Å². The minimum atomic E-state index is 0.114. The largest absolute Gasteiger partial charge is 0.354 e. The van der Waals surface area contributed by atoms with Gasteiger partial charge in [0.15, 0.2) is 0 Å². The molecule has 1 aliphatic heterocycles. The molecule has 7 nitrogen and oxygen atoms in total. The number of hydrogen-bond donors (Lipinski definition) is 1. The van der Waals surface area contributed by atoms with Crippen molar-refractivity contribution in [2.75, 3.05) is 31.1 Å². The molecule has 1 aromatic carbocycles. The summed E-state index contributed by atoms with van der Waals surface area (Å²) in [5.74, 6) is 2.04. The number of rotatable bonds is 4. The summed E-state index contributed by atoms with van der Waals surface area (Å²) in [6.45, 7) is 3.18. The van der Waals surface area contributed by atoms with E-state index in [0.717, 1.165) is 61.3 Å². The van der Waals surface area contributed by atoms with Crippen LogP contribution in [0.1, 0.15) is 47.5 Å². The third-order valence-corrected chi connectivity index (χ3v) is 7.43. The first-order valence-corrected chi connectivity index (χ1v) is 11.5. The number of anilines is 1. The quantitative estimate of drug-likeness (QED) is 0.687. The molecule has 0 radical (unpaired) electrons. The van der Waals surface area contributed by atoms with Gasteiger partial charge in [-0.2, -0.15) is 5.26 Å². The molecule has 3 aromatic rings. The fraction of sp³-hybridized carbons (Fsp3) is 0.440. The second kappa shape index (κ2) is 7.33. The van der Waals surface area contributed by atoms with Crippen LogP contribution < -0.4 is 4.90 Å². The smallest absolute Gasteiger partial charge is 0.253 e. The number of carbonyl (C=O) groups excluding carboxylic acids is 1. The Kier molecular flexibility index (Phi) is 4.42. The molecule has 6 rings (SSSR count). The zero-order valence-electron chi connectivity index (χ0n) is 18.0. The minimum absolute atomic E-state index is 0.114. The first-order valence-electron chi connectivity index (χ1n) is 11.5. The number of H-pyrrole nitrogens is 1. The summed E-state index contributed by atoms with van der Waals surface area (Å²) >= 11 is 0. The number of nitriles is 1. The number of carbonyl (C=O) groups is 1. The Morgan fingerprint density at radius 3 is 2.78 bits per heavy atom. The molecule has 2 saturated carbocycles. The molecule has 3 heterocycles. The van der Waals surface area contributed by atoms with Crippen LogP contribution >= 0.6 is 0 Å². The van der Waals surface area contributed by atoms with Crippen molar-refractivity contribution >= 4 is 22.8 Å². The van der Waals surface area contributed by atoms with Gasteiger partial charge in [-0.05, 0) is 54.9 Å². The fourth-order valence-corrected chi connectivity index (χ4v) is 5.27. The van der Waals surface area contributed by atoms with Crippen LogP contribution in [0.3, 0.4) is 0 Å². The van der Waals surface area contributed by atoms with Gasteiger partial charge >= 0.3 is 0 Å². The third-order valence-electron chi connectivity index (χ3n) is 7.43. The number of amides is 1. The Balaban J connectivity index is 1.19. The van der Waals surface area contributed by atoms with Gasteiger partial charge in [0.25, 0.3) is 5.91 Å². The second-order valence-corrected chi connectivity index (χ2v) is 9.67. The maximum Gasteiger partial charge on any atom is 0.253 e. The molecule has 2 aliphatic carbocycles. The molecule has 1 saturated heterocycles. The van der Waals surface area contributed by atoms with Gasteiger partial charge in [-0.15, -0.1) is 0 Å². The number of aromatic amines is 1. The molecule has 2 unspecified atom stereocenters. The van der Waals surface area contributed by atoms with Gasteiger partial charge in [0.1, 0.15) is 17.8 Å². The van der Waals surface area contributed by atoms with Crippen molar-refractivity contribution in [3.05, 3.63) is 54.0 Å². The van der Waals surface area contributed by atoms with E-state index in [1.807, 2.05) is 29.3 Å². The molecular weight excluding hydrogens is 400 g/mol. The first-order chi connectivity index (χ1) is 15.7. The molecule has 7 heteroatoms. The summed E-state index contributed by atoms with van der Waals surface area (Å²) in [5, 5.41) is 9.93. The number of aromatic nitrogens is 3. The van der Waals surface area contributed by atoms with Crippen LogP contribution in [0.25, 0.3) is 11.0 Å². The van der Waals surface area contributed by atoms with Crippen LogP contribution in [0.15, 0.2) is 42.9 Å². The normalized spacial score (nSPS) is 23.7. The Morgan fingerprint density at radius 2 is 2.00 bits per heavy atom. The Hall–Kier alpha value is -3.40. The summed E-state index contributed by atoms with van der Waals surface area (Å²) < 4.78 is 0. The van der Waals surface area contributed by atoms with E-state index in [0.29, 0.717) is 24.8 Å². The Labute approximate surface area is 187 Å². The molecule has 0 bridgehead atoms. The number of hydrogen-bond acceptors (Lipinski definition) is 5. The van der Waals surface area contributed by atoms with E-state index in [9.17, 15) is 4.79 Å². The molecule has 2 aromatic heterocycles. The van der Waals surface area contributed by atoms with E-state index in [4.69, 9.17) is 5.26 Å². The molecule has 3 fully saturated rings. The van der Waals surface area contributed by atoms with Gasteiger partial charge in [-0.1, -0.05) is 12.1 Å². The number of benzene rings is 1. The van der Waals surface area contributed by atoms with Crippen molar-refractivity contribution in [2.45, 2.75) is 31.6 Å². The Bertz CT molecular complexity index is 1210. The zero-order valence-corrected chi connectivity index (χ0v) is 18.0. The summed E-state index contributed by atoms with van der Waals surface area (Å²) in [6, 6.07) is 12.4. The van der Waals surface area contributed by atoms with Crippen molar-refractivity contribution in [2.24, 2.45) is 11.3 Å². The first kappa shape index (κ1) is 19.3. The predicted octanol–water partition coefficient (Wildman–Crippen LogP) is 3.72. The van der Waals surface area contributed by atoms with Crippen LogP contribution in [0.2, 0.25) is 0 Å². The lowest BCUT2D eigenvalue weighted by Gasteiger charge is -2.25. The number of nitrogens with one attached hydrogen (secondary N) is 1. The van der Waals surface area contributed by atoms with Crippen molar-refractivity contribution in [1.82, 2.24) is 19.9 Å². The average Bonchev–Trinajstić information content (AvgIpc) is 3.73. The van der Waals surface area contributed by atoms with Gasteiger partial charge in [-0.25, -0.2) is 9.97 Å². The number of nitrogens with zero attached hydrogens (tertiary/aromatic N) is 5. The maximum atomic E-state index is 13.4. The summed E-state index contributed by atoms with van der Waals surface area (Å²) in [4.78, 5) is 29.8. The molecular formula is C25H26N6O. The monoisotopic (exact) mass is 426 g/mol. The highest BCUT2D eigenvalue weighted by Gasteiger charge is 2.48. The number of fused-ring (bicyclic) bond motifs is 1. The molecule has 2 atom stereocenters. The van der Waals surface area contributed by atoms with E-state index in [1.165, 1.54) is 5.56 Å². The summed E-state index contributed by atoms with van der Waals surface area (Å²) in [7, 11) is 0.